The molecule has 0 rings (SSSR count). The highest BCUT2D eigenvalue weighted by Gasteiger charge is 2.14. The van der Waals surface area contributed by atoms with Gasteiger partial charge in [0.2, 0.25) is 0 Å². The molecule has 0 aliphatic heterocycles. The fraction of sp³-hybridized carbons (Fsp3) is 1.00. The summed E-state index contributed by atoms with van der Waals surface area (Å²) in [6.07, 6.45) is -3.14. The van der Waals surface area contributed by atoms with Gasteiger partial charge in [0.1, 0.15) is 25.6 Å². The molecule has 0 aliphatic carbocycles. The molecule has 0 fully saturated rings. The monoisotopic (exact) mass is 126 g/mol. The summed E-state index contributed by atoms with van der Waals surface area (Å²) < 4.78 is 22.5. The largest absolute Gasteiger partial charge is 0.388 e. The van der Waals surface area contributed by atoms with Crippen molar-refractivity contribution in [2.75, 3.05) is 13.3 Å². The van der Waals surface area contributed by atoms with Gasteiger partial charge in [0.15, 0.2) is 0 Å². The highest BCUT2D eigenvalue weighted by Crippen LogP contribution is 1.93. The Morgan fingerprint density at radius 3 is 1.38 bits per heavy atom. The highest BCUT2D eigenvalue weighted by atomic mass is 19.1. The summed E-state index contributed by atoms with van der Waals surface area (Å²) in [5.41, 5.74) is 0. The van der Waals surface area contributed by atoms with E-state index in [4.69, 9.17) is 10.2 Å². The molecule has 4 heteroatoms. The molecule has 0 spiro atoms. The summed E-state index contributed by atoms with van der Waals surface area (Å²) in [4.78, 5) is 0. The van der Waals surface area contributed by atoms with Crippen LogP contribution in [0.3, 0.4) is 0 Å². The summed E-state index contributed by atoms with van der Waals surface area (Å²) >= 11 is 0. The quantitative estimate of drug-likeness (QED) is 0.542. The summed E-state index contributed by atoms with van der Waals surface area (Å²) in [7, 11) is 0. The molecule has 2 nitrogen and oxygen atoms in total. The lowest BCUT2D eigenvalue weighted by Crippen LogP contribution is -2.29. The third-order valence-corrected chi connectivity index (χ3v) is 0.760. The average molecular weight is 126 g/mol. The first-order valence-corrected chi connectivity index (χ1v) is 2.20. The van der Waals surface area contributed by atoms with Crippen LogP contribution in [0.25, 0.3) is 0 Å². The molecule has 2 atom stereocenters. The Bertz CT molecular complexity index is 52.0. The fourth-order valence-corrected chi connectivity index (χ4v) is 0.206. The number of aliphatic hydroxyl groups is 2. The maximum Gasteiger partial charge on any atom is 0.118 e. The predicted molar refractivity (Wildman–Crippen MR) is 24.0 cm³/mol. The maximum atomic E-state index is 11.2. The zero-order valence-corrected chi connectivity index (χ0v) is 4.22. The van der Waals surface area contributed by atoms with Crippen molar-refractivity contribution >= 4 is 0 Å². The van der Waals surface area contributed by atoms with Crippen LogP contribution < -0.4 is 0 Å². The molecule has 0 saturated carbocycles. The summed E-state index contributed by atoms with van der Waals surface area (Å²) in [6, 6.07) is 0. The first kappa shape index (κ1) is 7.78. The Kier molecular flexibility index (Phi) is 3.64. The van der Waals surface area contributed by atoms with Crippen molar-refractivity contribution in [1.29, 1.82) is 0 Å². The van der Waals surface area contributed by atoms with E-state index >= 15 is 0 Å². The van der Waals surface area contributed by atoms with Crippen LogP contribution in [-0.4, -0.2) is 35.8 Å². The van der Waals surface area contributed by atoms with Crippen molar-refractivity contribution in [3.05, 3.63) is 0 Å². The van der Waals surface area contributed by atoms with Gasteiger partial charge in [0.05, 0.1) is 0 Å². The van der Waals surface area contributed by atoms with Crippen molar-refractivity contribution in [2.45, 2.75) is 12.2 Å². The minimum Gasteiger partial charge on any atom is -0.388 e. The maximum absolute atomic E-state index is 11.2. The average Bonchev–Trinajstić information content (AvgIpc) is 1.84. The Balaban J connectivity index is 3.29. The molecule has 0 heterocycles. The van der Waals surface area contributed by atoms with E-state index in [0.717, 1.165) is 0 Å². The van der Waals surface area contributed by atoms with Gasteiger partial charge >= 0.3 is 0 Å². The number of halogens is 2. The van der Waals surface area contributed by atoms with E-state index in [1.807, 2.05) is 0 Å². The summed E-state index contributed by atoms with van der Waals surface area (Å²) in [5, 5.41) is 16.5. The molecule has 0 amide bonds. The van der Waals surface area contributed by atoms with Crippen LogP contribution >= 0.6 is 0 Å². The van der Waals surface area contributed by atoms with E-state index in [1.165, 1.54) is 0 Å². The van der Waals surface area contributed by atoms with Gasteiger partial charge in [-0.25, -0.2) is 8.78 Å². The van der Waals surface area contributed by atoms with Gasteiger partial charge in [-0.1, -0.05) is 0 Å². The normalized spacial score (nSPS) is 18.0. The number of aliphatic hydroxyl groups excluding tert-OH is 2. The number of hydrogen-bond donors (Lipinski definition) is 2. The summed E-state index contributed by atoms with van der Waals surface area (Å²) in [5.74, 6) is 0. The molecule has 50 valence electrons. The smallest absolute Gasteiger partial charge is 0.118 e. The second kappa shape index (κ2) is 3.74. The van der Waals surface area contributed by atoms with Gasteiger partial charge in [0.25, 0.3) is 0 Å². The topological polar surface area (TPSA) is 40.5 Å². The lowest BCUT2D eigenvalue weighted by atomic mass is 10.2. The minimum absolute atomic E-state index is 1.11. The second-order valence-electron chi connectivity index (χ2n) is 1.44. The van der Waals surface area contributed by atoms with Crippen LogP contribution in [-0.2, 0) is 0 Å². The number of hydrogen-bond acceptors (Lipinski definition) is 2. The van der Waals surface area contributed by atoms with Crippen molar-refractivity contribution in [1.82, 2.24) is 0 Å². The van der Waals surface area contributed by atoms with Crippen molar-refractivity contribution < 1.29 is 19.0 Å². The van der Waals surface area contributed by atoms with Crippen LogP contribution in [0.5, 0.6) is 0 Å². The van der Waals surface area contributed by atoms with E-state index in [0.29, 0.717) is 0 Å². The second-order valence-corrected chi connectivity index (χ2v) is 1.44. The van der Waals surface area contributed by atoms with Crippen LogP contribution in [0.2, 0.25) is 0 Å². The van der Waals surface area contributed by atoms with Gasteiger partial charge < -0.3 is 10.2 Å². The van der Waals surface area contributed by atoms with Gasteiger partial charge in [-0.2, -0.15) is 0 Å². The Hall–Kier alpha value is -0.220. The van der Waals surface area contributed by atoms with Gasteiger partial charge in [-0.15, -0.1) is 0 Å². The SMILES string of the molecule is O[C@@H](CF)[C@@H](O)CF. The molecule has 0 radical (unpaired) electrons. The molecule has 0 aromatic carbocycles. The number of alkyl halides is 2. The number of rotatable bonds is 3. The third-order valence-electron chi connectivity index (χ3n) is 0.760. The van der Waals surface area contributed by atoms with E-state index in [9.17, 15) is 8.78 Å². The van der Waals surface area contributed by atoms with E-state index in [1.54, 1.807) is 0 Å². The first-order chi connectivity index (χ1) is 3.72. The van der Waals surface area contributed by atoms with E-state index < -0.39 is 25.6 Å². The van der Waals surface area contributed by atoms with Crippen molar-refractivity contribution in [3.8, 4) is 0 Å². The zero-order valence-electron chi connectivity index (χ0n) is 4.22. The first-order valence-electron chi connectivity index (χ1n) is 2.20. The van der Waals surface area contributed by atoms with Gasteiger partial charge in [-0.3, -0.25) is 0 Å². The Morgan fingerprint density at radius 2 is 1.25 bits per heavy atom. The van der Waals surface area contributed by atoms with Crippen LogP contribution in [0, 0.1) is 0 Å². The zero-order chi connectivity index (χ0) is 6.57. The highest BCUT2D eigenvalue weighted by molar-refractivity contribution is 4.63. The Morgan fingerprint density at radius 1 is 1.00 bits per heavy atom. The van der Waals surface area contributed by atoms with Crippen LogP contribution in [0.1, 0.15) is 0 Å². The summed E-state index contributed by atoms with van der Waals surface area (Å²) in [6.45, 7) is -2.21. The van der Waals surface area contributed by atoms with Gasteiger partial charge in [0, 0.05) is 0 Å². The minimum atomic E-state index is -1.57. The lowest BCUT2D eigenvalue weighted by molar-refractivity contribution is -0.00712. The molecule has 0 saturated heterocycles. The fourth-order valence-electron chi connectivity index (χ4n) is 0.206. The third kappa shape index (κ3) is 2.18. The van der Waals surface area contributed by atoms with E-state index in [2.05, 4.69) is 0 Å². The molecule has 0 aromatic rings. The molecule has 0 aromatic heterocycles. The van der Waals surface area contributed by atoms with Crippen molar-refractivity contribution in [3.63, 3.8) is 0 Å². The standard InChI is InChI=1S/C4H8F2O2/c5-1-3(7)4(8)2-6/h3-4,7-8H,1-2H2/t3-,4-/m0/s1. The lowest BCUT2D eigenvalue weighted by Gasteiger charge is -2.08. The molecule has 0 aliphatic rings. The van der Waals surface area contributed by atoms with E-state index in [-0.39, 0.29) is 0 Å². The molecule has 8 heavy (non-hydrogen) atoms. The molecule has 0 bridgehead atoms. The predicted octanol–water partition coefficient (Wildman–Crippen LogP) is -0.353. The van der Waals surface area contributed by atoms with Crippen LogP contribution in [0.15, 0.2) is 0 Å². The molecule has 2 N–H and O–H groups in total. The molecular weight excluding hydrogens is 118 g/mol. The molecular formula is C4H8F2O2. The van der Waals surface area contributed by atoms with Crippen molar-refractivity contribution in [2.24, 2.45) is 0 Å². The Labute approximate surface area is 45.8 Å². The van der Waals surface area contributed by atoms with Crippen LogP contribution in [0.4, 0.5) is 8.78 Å². The molecule has 0 unspecified atom stereocenters. The van der Waals surface area contributed by atoms with Gasteiger partial charge in [-0.05, 0) is 0 Å².